The van der Waals surface area contributed by atoms with Crippen LogP contribution in [0.1, 0.15) is 49.7 Å². The molecule has 1 aliphatic carbocycles. The van der Waals surface area contributed by atoms with E-state index in [9.17, 15) is 4.79 Å². The summed E-state index contributed by atoms with van der Waals surface area (Å²) >= 11 is 0. The Morgan fingerprint density at radius 2 is 1.80 bits per heavy atom. The van der Waals surface area contributed by atoms with E-state index < -0.39 is 0 Å². The molecule has 0 saturated carbocycles. The first-order valence-corrected chi connectivity index (χ1v) is 7.67. The van der Waals surface area contributed by atoms with Gasteiger partial charge in [-0.05, 0) is 30.6 Å². The molecule has 4 heteroatoms. The van der Waals surface area contributed by atoms with Crippen LogP contribution in [0, 0.1) is 17.8 Å². The lowest BCUT2D eigenvalue weighted by Gasteiger charge is -2.35. The van der Waals surface area contributed by atoms with Crippen LogP contribution >= 0.6 is 0 Å². The van der Waals surface area contributed by atoms with Crippen LogP contribution in [0.3, 0.4) is 0 Å². The molecule has 1 aromatic heterocycles. The van der Waals surface area contributed by atoms with E-state index in [1.54, 1.807) is 6.20 Å². The second kappa shape index (κ2) is 5.15. The number of hydrogen-bond donors (Lipinski definition) is 0. The standard InChI is InChI=1S/C16H23N3O/c1-10-5-14-13(15(20)6-10)7-17-16(18-14)19-8-11(2)4-12(3)9-19/h7,10-12H,4-6,8-9H2,1-3H3/t10-,11+,12+/m0/s1. The molecule has 0 radical (unpaired) electrons. The fraction of sp³-hybridized carbons (Fsp3) is 0.688. The highest BCUT2D eigenvalue weighted by molar-refractivity contribution is 5.98. The fourth-order valence-electron chi connectivity index (χ4n) is 3.60. The van der Waals surface area contributed by atoms with Gasteiger partial charge in [0.15, 0.2) is 5.78 Å². The van der Waals surface area contributed by atoms with Gasteiger partial charge in [0.1, 0.15) is 0 Å². The van der Waals surface area contributed by atoms with E-state index in [0.717, 1.165) is 36.7 Å². The van der Waals surface area contributed by atoms with E-state index in [1.165, 1.54) is 6.42 Å². The SMILES string of the molecule is C[C@@H]1CC(=O)c2cnc(N3C[C@H](C)C[C@@H](C)C3)nc2C1. The van der Waals surface area contributed by atoms with Gasteiger partial charge in [-0.2, -0.15) is 0 Å². The molecule has 1 aliphatic heterocycles. The molecule has 1 fully saturated rings. The van der Waals surface area contributed by atoms with Crippen molar-refractivity contribution < 1.29 is 4.79 Å². The van der Waals surface area contributed by atoms with Gasteiger partial charge in [0.25, 0.3) is 0 Å². The highest BCUT2D eigenvalue weighted by Crippen LogP contribution is 2.27. The molecule has 0 amide bonds. The molecule has 108 valence electrons. The Morgan fingerprint density at radius 3 is 2.50 bits per heavy atom. The Bertz CT molecular complexity index is 518. The smallest absolute Gasteiger partial charge is 0.225 e. The van der Waals surface area contributed by atoms with E-state index in [0.29, 0.717) is 24.2 Å². The van der Waals surface area contributed by atoms with Crippen molar-refractivity contribution in [2.45, 2.75) is 40.0 Å². The lowest BCUT2D eigenvalue weighted by molar-refractivity contribution is 0.0951. The summed E-state index contributed by atoms with van der Waals surface area (Å²) < 4.78 is 0. The Kier molecular flexibility index (Phi) is 3.48. The van der Waals surface area contributed by atoms with Crippen LogP contribution in [0.25, 0.3) is 0 Å². The number of hydrogen-bond acceptors (Lipinski definition) is 4. The third-order valence-corrected chi connectivity index (χ3v) is 4.38. The second-order valence-corrected chi connectivity index (χ2v) is 6.82. The van der Waals surface area contributed by atoms with Gasteiger partial charge in [-0.25, -0.2) is 9.97 Å². The number of carbonyl (C=O) groups excluding carboxylic acids is 1. The van der Waals surface area contributed by atoms with Gasteiger partial charge in [-0.1, -0.05) is 20.8 Å². The van der Waals surface area contributed by atoms with Gasteiger partial charge >= 0.3 is 0 Å². The third-order valence-electron chi connectivity index (χ3n) is 4.38. The highest BCUT2D eigenvalue weighted by Gasteiger charge is 2.27. The maximum atomic E-state index is 12.0. The zero-order chi connectivity index (χ0) is 14.3. The number of Topliss-reactive ketones (excluding diaryl/α,β-unsaturated/α-hetero) is 1. The van der Waals surface area contributed by atoms with Crippen molar-refractivity contribution in [3.63, 3.8) is 0 Å². The Morgan fingerprint density at radius 1 is 1.10 bits per heavy atom. The minimum atomic E-state index is 0.200. The van der Waals surface area contributed by atoms with Crippen molar-refractivity contribution >= 4 is 11.7 Å². The summed E-state index contributed by atoms with van der Waals surface area (Å²) in [5.74, 6) is 2.77. The lowest BCUT2D eigenvalue weighted by Crippen LogP contribution is -2.40. The summed E-state index contributed by atoms with van der Waals surface area (Å²) in [6.07, 6.45) is 4.55. The van der Waals surface area contributed by atoms with Crippen molar-refractivity contribution in [2.24, 2.45) is 17.8 Å². The van der Waals surface area contributed by atoms with Crippen molar-refractivity contribution in [2.75, 3.05) is 18.0 Å². The molecule has 3 atom stereocenters. The van der Waals surface area contributed by atoms with Gasteiger partial charge < -0.3 is 4.90 Å². The van der Waals surface area contributed by atoms with Gasteiger partial charge in [0, 0.05) is 25.7 Å². The van der Waals surface area contributed by atoms with Crippen LogP contribution in [0.15, 0.2) is 6.20 Å². The van der Waals surface area contributed by atoms with Crippen LogP contribution in [0.2, 0.25) is 0 Å². The number of anilines is 1. The number of carbonyl (C=O) groups is 1. The monoisotopic (exact) mass is 273 g/mol. The van der Waals surface area contributed by atoms with Crippen LogP contribution in [0.4, 0.5) is 5.95 Å². The number of fused-ring (bicyclic) bond motifs is 1. The molecular weight excluding hydrogens is 250 g/mol. The molecule has 4 nitrogen and oxygen atoms in total. The summed E-state index contributed by atoms with van der Waals surface area (Å²) in [5, 5.41) is 0. The first-order valence-electron chi connectivity index (χ1n) is 7.67. The van der Waals surface area contributed by atoms with Crippen molar-refractivity contribution in [1.82, 2.24) is 9.97 Å². The average Bonchev–Trinajstić information content (AvgIpc) is 2.36. The molecule has 2 aliphatic rings. The number of nitrogens with zero attached hydrogens (tertiary/aromatic N) is 3. The lowest BCUT2D eigenvalue weighted by atomic mass is 9.88. The summed E-state index contributed by atoms with van der Waals surface area (Å²) in [6, 6.07) is 0. The van der Waals surface area contributed by atoms with Gasteiger partial charge in [0.05, 0.1) is 11.3 Å². The summed E-state index contributed by atoms with van der Waals surface area (Å²) in [6.45, 7) is 8.73. The normalized spacial score (nSPS) is 30.2. The fourth-order valence-corrected chi connectivity index (χ4v) is 3.60. The minimum Gasteiger partial charge on any atom is -0.340 e. The van der Waals surface area contributed by atoms with Crippen molar-refractivity contribution in [1.29, 1.82) is 0 Å². The maximum absolute atomic E-state index is 12.0. The maximum Gasteiger partial charge on any atom is 0.225 e. The molecule has 1 aromatic rings. The molecule has 0 aromatic carbocycles. The number of ketones is 1. The first-order chi connectivity index (χ1) is 9.52. The van der Waals surface area contributed by atoms with Gasteiger partial charge in [0.2, 0.25) is 5.95 Å². The highest BCUT2D eigenvalue weighted by atomic mass is 16.1. The summed E-state index contributed by atoms with van der Waals surface area (Å²) in [5.41, 5.74) is 1.69. The van der Waals surface area contributed by atoms with Crippen LogP contribution < -0.4 is 4.90 Å². The number of aromatic nitrogens is 2. The molecule has 0 N–H and O–H groups in total. The first kappa shape index (κ1) is 13.5. The molecule has 3 rings (SSSR count). The Hall–Kier alpha value is -1.45. The van der Waals surface area contributed by atoms with E-state index >= 15 is 0 Å². The van der Waals surface area contributed by atoms with E-state index in [2.05, 4.69) is 30.7 Å². The topological polar surface area (TPSA) is 46.1 Å². The molecule has 0 bridgehead atoms. The van der Waals surface area contributed by atoms with E-state index in [-0.39, 0.29) is 5.78 Å². The van der Waals surface area contributed by atoms with Crippen molar-refractivity contribution in [3.8, 4) is 0 Å². The van der Waals surface area contributed by atoms with Crippen molar-refractivity contribution in [3.05, 3.63) is 17.5 Å². The molecule has 0 unspecified atom stereocenters. The van der Waals surface area contributed by atoms with E-state index in [1.807, 2.05) is 0 Å². The molecule has 0 spiro atoms. The third kappa shape index (κ3) is 2.56. The van der Waals surface area contributed by atoms with Gasteiger partial charge in [-0.15, -0.1) is 0 Å². The number of rotatable bonds is 1. The largest absolute Gasteiger partial charge is 0.340 e. The van der Waals surface area contributed by atoms with Crippen LogP contribution in [-0.2, 0) is 6.42 Å². The predicted octanol–water partition coefficient (Wildman–Crippen LogP) is 2.72. The van der Waals surface area contributed by atoms with Gasteiger partial charge in [-0.3, -0.25) is 4.79 Å². The van der Waals surface area contributed by atoms with Crippen LogP contribution in [0.5, 0.6) is 0 Å². The average molecular weight is 273 g/mol. The van der Waals surface area contributed by atoms with Crippen LogP contribution in [-0.4, -0.2) is 28.8 Å². The zero-order valence-corrected chi connectivity index (χ0v) is 12.6. The Balaban J connectivity index is 1.88. The zero-order valence-electron chi connectivity index (χ0n) is 12.6. The number of piperidine rings is 1. The predicted molar refractivity (Wildman–Crippen MR) is 79.0 cm³/mol. The Labute approximate surface area is 120 Å². The molecule has 1 saturated heterocycles. The molecule has 20 heavy (non-hydrogen) atoms. The quantitative estimate of drug-likeness (QED) is 0.789. The molecular formula is C16H23N3O. The minimum absolute atomic E-state index is 0.200. The summed E-state index contributed by atoms with van der Waals surface area (Å²) in [4.78, 5) is 23.4. The summed E-state index contributed by atoms with van der Waals surface area (Å²) in [7, 11) is 0. The molecule has 2 heterocycles. The second-order valence-electron chi connectivity index (χ2n) is 6.82. The van der Waals surface area contributed by atoms with E-state index in [4.69, 9.17) is 4.98 Å².